The average Bonchev–Trinajstić information content (AvgIpc) is 3.28. The van der Waals surface area contributed by atoms with Gasteiger partial charge in [0.15, 0.2) is 0 Å². The van der Waals surface area contributed by atoms with Crippen molar-refractivity contribution in [2.75, 3.05) is 12.4 Å². The predicted octanol–water partition coefficient (Wildman–Crippen LogP) is 4.78. The summed E-state index contributed by atoms with van der Waals surface area (Å²) in [6.07, 6.45) is 0.572. The highest BCUT2D eigenvalue weighted by Crippen LogP contribution is 2.34. The van der Waals surface area contributed by atoms with Gasteiger partial charge in [0.25, 0.3) is 0 Å². The first-order valence-corrected chi connectivity index (χ1v) is 10.2. The number of halogens is 4. The Balaban J connectivity index is 0.000000234. The molecule has 3 aromatic rings. The molecule has 1 atom stereocenters. The number of aromatic hydroxyl groups is 1. The Morgan fingerprint density at radius 2 is 1.94 bits per heavy atom. The van der Waals surface area contributed by atoms with E-state index in [9.17, 15) is 23.1 Å². The number of alkyl halides is 3. The minimum atomic E-state index is -4.52. The van der Waals surface area contributed by atoms with Crippen LogP contribution in [0.5, 0.6) is 5.75 Å². The number of hydrogen-bond donors (Lipinski definition) is 2. The monoisotopic (exact) mass is 485 g/mol. The van der Waals surface area contributed by atoms with Crippen molar-refractivity contribution in [2.24, 2.45) is 0 Å². The van der Waals surface area contributed by atoms with E-state index in [2.05, 4.69) is 32.2 Å². The van der Waals surface area contributed by atoms with Crippen LogP contribution in [0.15, 0.2) is 42.9 Å². The van der Waals surface area contributed by atoms with Gasteiger partial charge in [-0.05, 0) is 43.2 Å². The Morgan fingerprint density at radius 1 is 1.27 bits per heavy atom. The van der Waals surface area contributed by atoms with Crippen molar-refractivity contribution in [3.8, 4) is 5.75 Å². The van der Waals surface area contributed by atoms with E-state index in [0.29, 0.717) is 16.8 Å². The van der Waals surface area contributed by atoms with E-state index in [1.54, 1.807) is 6.07 Å². The summed E-state index contributed by atoms with van der Waals surface area (Å²) in [4.78, 5) is 16.2. The van der Waals surface area contributed by atoms with Crippen LogP contribution >= 0.6 is 11.6 Å². The quantitative estimate of drug-likeness (QED) is 0.294. The first kappa shape index (κ1) is 25.9. The van der Waals surface area contributed by atoms with Crippen LogP contribution < -0.4 is 5.32 Å². The number of phenolic OH excluding ortho intramolecular Hbond substituents is 1. The van der Waals surface area contributed by atoms with Crippen LogP contribution in [0.2, 0.25) is 5.15 Å². The number of anilines is 1. The van der Waals surface area contributed by atoms with Gasteiger partial charge in [-0.3, -0.25) is 0 Å². The molecule has 33 heavy (non-hydrogen) atoms. The van der Waals surface area contributed by atoms with E-state index >= 15 is 0 Å². The molecule has 0 saturated carbocycles. The largest absolute Gasteiger partial charge is 0.508 e. The van der Waals surface area contributed by atoms with Gasteiger partial charge in [-0.1, -0.05) is 18.5 Å². The van der Waals surface area contributed by atoms with Crippen molar-refractivity contribution in [2.45, 2.75) is 39.0 Å². The summed E-state index contributed by atoms with van der Waals surface area (Å²) >= 11 is 5.39. The van der Waals surface area contributed by atoms with Crippen LogP contribution in [0.1, 0.15) is 41.8 Å². The maximum absolute atomic E-state index is 12.5. The van der Waals surface area contributed by atoms with Gasteiger partial charge in [-0.15, -0.1) is 0 Å². The summed E-state index contributed by atoms with van der Waals surface area (Å²) in [5, 5.41) is 19.5. The summed E-state index contributed by atoms with van der Waals surface area (Å²) in [7, 11) is 1.32. The number of methoxy groups -OCH3 is 1. The van der Waals surface area contributed by atoms with Crippen LogP contribution in [-0.2, 0) is 17.5 Å². The lowest BCUT2D eigenvalue weighted by atomic mass is 10.1. The number of carbonyl (C=O) groups excluding carboxylic acids is 1. The highest BCUT2D eigenvalue weighted by molar-refractivity contribution is 6.30. The third kappa shape index (κ3) is 7.63. The molecule has 8 nitrogen and oxygen atoms in total. The fraction of sp³-hybridized carbons (Fsp3) is 0.333. The van der Waals surface area contributed by atoms with Gasteiger partial charge in [-0.25, -0.2) is 9.78 Å². The van der Waals surface area contributed by atoms with Crippen LogP contribution in [-0.4, -0.2) is 44.2 Å². The molecule has 0 aliphatic rings. The van der Waals surface area contributed by atoms with Crippen LogP contribution in [0.3, 0.4) is 0 Å². The lowest BCUT2D eigenvalue weighted by Gasteiger charge is -2.15. The molecule has 12 heteroatoms. The molecule has 2 heterocycles. The standard InChI is InChI=1S/C12H17NO3.C9H6ClF3N4/c1-4-8(2)13-11-6-5-9(14)7-10(11)12(15)16-3;10-8-7(9(11,12)13)3-6(4-14-8)5-17-15-1-2-16-17/h5-8,13-14H,4H2,1-3H3;1-4H,5H2/t8-;/m0./s1. The maximum Gasteiger partial charge on any atom is 0.419 e. The maximum atomic E-state index is 12.5. The van der Waals surface area contributed by atoms with Crippen molar-refractivity contribution in [3.05, 3.63) is 64.7 Å². The lowest BCUT2D eigenvalue weighted by Crippen LogP contribution is -2.16. The number of esters is 1. The molecule has 2 N–H and O–H groups in total. The van der Waals surface area contributed by atoms with Gasteiger partial charge < -0.3 is 15.2 Å². The number of pyridine rings is 1. The van der Waals surface area contributed by atoms with Crippen molar-refractivity contribution in [3.63, 3.8) is 0 Å². The van der Waals surface area contributed by atoms with Crippen molar-refractivity contribution in [1.82, 2.24) is 20.0 Å². The molecule has 1 aromatic carbocycles. The molecule has 0 saturated heterocycles. The number of phenols is 1. The fourth-order valence-corrected chi connectivity index (χ4v) is 2.78. The third-order valence-corrected chi connectivity index (χ3v) is 4.72. The number of carbonyl (C=O) groups is 1. The zero-order chi connectivity index (χ0) is 24.6. The molecule has 0 aliphatic carbocycles. The Kier molecular flexibility index (Phi) is 9.03. The average molecular weight is 486 g/mol. The molecule has 0 bridgehead atoms. The zero-order valence-corrected chi connectivity index (χ0v) is 18.9. The predicted molar refractivity (Wildman–Crippen MR) is 116 cm³/mol. The molecule has 178 valence electrons. The Bertz CT molecular complexity index is 1060. The van der Waals surface area contributed by atoms with E-state index in [-0.39, 0.29) is 18.3 Å². The second-order valence-corrected chi connectivity index (χ2v) is 7.27. The van der Waals surface area contributed by atoms with Crippen molar-refractivity contribution < 1.29 is 27.8 Å². The first-order valence-electron chi connectivity index (χ1n) is 9.78. The summed E-state index contributed by atoms with van der Waals surface area (Å²) in [6, 6.07) is 5.81. The highest BCUT2D eigenvalue weighted by Gasteiger charge is 2.34. The van der Waals surface area contributed by atoms with Crippen LogP contribution in [0.4, 0.5) is 18.9 Å². The van der Waals surface area contributed by atoms with E-state index < -0.39 is 22.9 Å². The van der Waals surface area contributed by atoms with Gasteiger partial charge in [0.2, 0.25) is 0 Å². The third-order valence-electron chi connectivity index (χ3n) is 4.41. The zero-order valence-electron chi connectivity index (χ0n) is 18.1. The summed E-state index contributed by atoms with van der Waals surface area (Å²) in [5.41, 5.74) is 0.406. The van der Waals surface area contributed by atoms with Gasteiger partial charge in [0, 0.05) is 17.9 Å². The van der Waals surface area contributed by atoms with Gasteiger partial charge in [0.1, 0.15) is 10.9 Å². The SMILES string of the molecule is CC[C@H](C)Nc1ccc(O)cc1C(=O)OC.FC(F)(F)c1cc(Cn2nccn2)cnc1Cl. The van der Waals surface area contributed by atoms with Crippen LogP contribution in [0.25, 0.3) is 0 Å². The summed E-state index contributed by atoms with van der Waals surface area (Å²) in [6.45, 7) is 4.18. The molecular weight excluding hydrogens is 463 g/mol. The Hall–Kier alpha value is -3.34. The van der Waals surface area contributed by atoms with Gasteiger partial charge in [0.05, 0.1) is 37.2 Å². The topological polar surface area (TPSA) is 102 Å². The number of nitrogens with one attached hydrogen (secondary N) is 1. The minimum Gasteiger partial charge on any atom is -0.508 e. The Morgan fingerprint density at radius 3 is 2.52 bits per heavy atom. The van der Waals surface area contributed by atoms with E-state index in [1.807, 2.05) is 6.92 Å². The Labute approximate surface area is 193 Å². The minimum absolute atomic E-state index is 0.0510. The molecule has 0 aliphatic heterocycles. The van der Waals surface area contributed by atoms with Crippen LogP contribution in [0, 0.1) is 0 Å². The summed E-state index contributed by atoms with van der Waals surface area (Å²) < 4.78 is 42.3. The molecular formula is C21H23ClF3N5O3. The van der Waals surface area contributed by atoms with E-state index in [4.69, 9.17) is 11.6 Å². The first-order chi connectivity index (χ1) is 15.5. The number of ether oxygens (including phenoxy) is 1. The number of hydrogen-bond acceptors (Lipinski definition) is 7. The fourth-order valence-electron chi connectivity index (χ4n) is 2.57. The van der Waals surface area contributed by atoms with Gasteiger partial charge >= 0.3 is 12.1 Å². The molecule has 0 fully saturated rings. The summed E-state index contributed by atoms with van der Waals surface area (Å²) in [5.74, 6) is -0.406. The molecule has 0 spiro atoms. The van der Waals surface area contributed by atoms with E-state index in [1.165, 1.54) is 42.6 Å². The second kappa shape index (κ2) is 11.5. The number of aromatic nitrogens is 4. The lowest BCUT2D eigenvalue weighted by molar-refractivity contribution is -0.137. The number of nitrogens with zero attached hydrogens (tertiary/aromatic N) is 4. The van der Waals surface area contributed by atoms with E-state index in [0.717, 1.165) is 12.5 Å². The molecule has 0 unspecified atom stereocenters. The van der Waals surface area contributed by atoms with Crippen molar-refractivity contribution in [1.29, 1.82) is 0 Å². The second-order valence-electron chi connectivity index (χ2n) is 6.91. The highest BCUT2D eigenvalue weighted by atomic mass is 35.5. The number of rotatable bonds is 6. The molecule has 3 rings (SSSR count). The normalized spacial score (nSPS) is 11.8. The molecule has 0 amide bonds. The number of benzene rings is 1. The molecule has 0 radical (unpaired) electrons. The smallest absolute Gasteiger partial charge is 0.419 e. The molecule has 2 aromatic heterocycles. The van der Waals surface area contributed by atoms with Crippen molar-refractivity contribution >= 4 is 23.3 Å². The van der Waals surface area contributed by atoms with Gasteiger partial charge in [-0.2, -0.15) is 28.2 Å².